The maximum absolute atomic E-state index is 11.2. The van der Waals surface area contributed by atoms with E-state index < -0.39 is 5.60 Å². The van der Waals surface area contributed by atoms with Gasteiger partial charge in [0, 0.05) is 31.5 Å². The minimum absolute atomic E-state index is 0.218. The molecule has 0 aliphatic carbocycles. The summed E-state index contributed by atoms with van der Waals surface area (Å²) in [5.41, 5.74) is 0.253. The van der Waals surface area contributed by atoms with Gasteiger partial charge < -0.3 is 23.9 Å². The van der Waals surface area contributed by atoms with Crippen LogP contribution in [0.2, 0.25) is 10.0 Å². The summed E-state index contributed by atoms with van der Waals surface area (Å²) in [6, 6.07) is 11.2. The Morgan fingerprint density at radius 3 is 2.69 bits per heavy atom. The van der Waals surface area contributed by atoms with Gasteiger partial charge in [-0.25, -0.2) is 4.98 Å². The summed E-state index contributed by atoms with van der Waals surface area (Å²) in [7, 11) is 1.65. The number of hydrogen-bond donors (Lipinski definition) is 1. The van der Waals surface area contributed by atoms with Crippen molar-refractivity contribution in [3.8, 4) is 17.2 Å². The molecule has 7 nitrogen and oxygen atoms in total. The monoisotopic (exact) mass is 519 g/mol. The Labute approximate surface area is 216 Å². The number of imidazole rings is 1. The fourth-order valence-electron chi connectivity index (χ4n) is 4.19. The Morgan fingerprint density at radius 2 is 1.91 bits per heavy atom. The topological polar surface area (TPSA) is 69.0 Å². The lowest BCUT2D eigenvalue weighted by atomic mass is 9.96. The summed E-state index contributed by atoms with van der Waals surface area (Å²) in [6.45, 7) is 3.89. The summed E-state index contributed by atoms with van der Waals surface area (Å²) in [4.78, 5) is 6.41. The molecule has 1 N–H and O–H groups in total. The number of aliphatic hydroxyl groups is 1. The van der Waals surface area contributed by atoms with Crippen LogP contribution in [0.4, 0.5) is 0 Å². The molecule has 2 heterocycles. The van der Waals surface area contributed by atoms with Crippen LogP contribution in [0, 0.1) is 0 Å². The first-order valence-corrected chi connectivity index (χ1v) is 12.5. The molecular formula is C26H31Cl2N3O4. The predicted molar refractivity (Wildman–Crippen MR) is 137 cm³/mol. The molecule has 0 amide bonds. The third-order valence-electron chi connectivity index (χ3n) is 6.21. The van der Waals surface area contributed by atoms with Gasteiger partial charge in [-0.1, -0.05) is 29.3 Å². The van der Waals surface area contributed by atoms with Crippen LogP contribution in [0.15, 0.2) is 55.1 Å². The normalized spacial score (nSPS) is 18.7. The van der Waals surface area contributed by atoms with Crippen LogP contribution in [0.1, 0.15) is 24.8 Å². The average Bonchev–Trinajstić information content (AvgIpc) is 3.30. The summed E-state index contributed by atoms with van der Waals surface area (Å²) >= 11 is 12.0. The molecule has 0 bridgehead atoms. The van der Waals surface area contributed by atoms with Crippen molar-refractivity contribution < 1.29 is 19.3 Å². The number of hydrogen-bond acceptors (Lipinski definition) is 6. The van der Waals surface area contributed by atoms with Crippen molar-refractivity contribution in [1.82, 2.24) is 14.5 Å². The highest BCUT2D eigenvalue weighted by Gasteiger charge is 2.31. The lowest BCUT2D eigenvalue weighted by Crippen LogP contribution is -2.37. The number of rotatable bonds is 10. The van der Waals surface area contributed by atoms with Gasteiger partial charge in [-0.15, -0.1) is 0 Å². The molecule has 1 aromatic heterocycles. The number of ether oxygens (including phenoxy) is 3. The van der Waals surface area contributed by atoms with E-state index in [0.29, 0.717) is 47.5 Å². The quantitative estimate of drug-likeness (QED) is 0.403. The molecule has 2 aromatic carbocycles. The second-order valence-corrected chi connectivity index (χ2v) is 9.67. The molecule has 1 saturated heterocycles. The fraction of sp³-hybridized carbons (Fsp3) is 0.423. The van der Waals surface area contributed by atoms with E-state index in [-0.39, 0.29) is 6.61 Å². The van der Waals surface area contributed by atoms with Crippen molar-refractivity contribution in [2.24, 2.45) is 0 Å². The van der Waals surface area contributed by atoms with E-state index in [1.807, 2.05) is 22.9 Å². The van der Waals surface area contributed by atoms with Crippen LogP contribution in [-0.2, 0) is 13.1 Å². The van der Waals surface area contributed by atoms with Crippen molar-refractivity contribution in [1.29, 1.82) is 0 Å². The van der Waals surface area contributed by atoms with Gasteiger partial charge in [0.2, 0.25) is 0 Å². The molecule has 1 atom stereocenters. The third kappa shape index (κ3) is 7.27. The average molecular weight is 520 g/mol. The summed E-state index contributed by atoms with van der Waals surface area (Å²) in [5, 5.41) is 12.1. The van der Waals surface area contributed by atoms with Gasteiger partial charge in [0.05, 0.1) is 35.6 Å². The molecule has 1 aliphatic heterocycles. The van der Waals surface area contributed by atoms with E-state index in [4.69, 9.17) is 37.4 Å². The summed E-state index contributed by atoms with van der Waals surface area (Å²) < 4.78 is 19.3. The first-order valence-electron chi connectivity index (χ1n) is 11.7. The number of methoxy groups -OCH3 is 1. The molecule has 0 saturated carbocycles. The molecule has 1 fully saturated rings. The molecule has 4 rings (SSSR count). The molecule has 1 aliphatic rings. The van der Waals surface area contributed by atoms with Gasteiger partial charge >= 0.3 is 0 Å². The smallest absolute Gasteiger partial charge is 0.161 e. The van der Waals surface area contributed by atoms with Crippen molar-refractivity contribution in [3.05, 3.63) is 70.7 Å². The molecule has 0 radical (unpaired) electrons. The van der Waals surface area contributed by atoms with E-state index >= 15 is 0 Å². The standard InChI is InChI=1S/C26H31Cl2N3O4/c1-33-24-6-3-20(15-25(24)34-14-13-31-12-9-29-19-31)17-30-10-2-7-26(32,8-11-30)18-35-21-4-5-22(27)23(28)16-21/h3-6,9,12,15-16,19,32H,2,7-8,10-11,13-14,17-18H2,1H3/t26-/m1/s1. The first-order chi connectivity index (χ1) is 16.9. The largest absolute Gasteiger partial charge is 0.493 e. The fourth-order valence-corrected chi connectivity index (χ4v) is 4.48. The number of benzene rings is 2. The molecule has 3 aromatic rings. The molecule has 0 spiro atoms. The Bertz CT molecular complexity index is 1100. The van der Waals surface area contributed by atoms with Crippen molar-refractivity contribution in [3.63, 3.8) is 0 Å². The number of halogens is 2. The first kappa shape index (κ1) is 25.6. The predicted octanol–water partition coefficient (Wildman–Crippen LogP) is 5.07. The maximum atomic E-state index is 11.2. The highest BCUT2D eigenvalue weighted by atomic mass is 35.5. The SMILES string of the molecule is COc1ccc(CN2CCC[C@](O)(COc3ccc(Cl)c(Cl)c3)CC2)cc1OCCn1ccnc1. The molecule has 35 heavy (non-hydrogen) atoms. The second kappa shape index (κ2) is 12.0. The van der Waals surface area contributed by atoms with Gasteiger partial charge in [0.25, 0.3) is 0 Å². The van der Waals surface area contributed by atoms with Crippen LogP contribution >= 0.6 is 23.2 Å². The molecule has 188 valence electrons. The Balaban J connectivity index is 1.31. The molecule has 0 unspecified atom stereocenters. The van der Waals surface area contributed by atoms with Crippen LogP contribution in [0.3, 0.4) is 0 Å². The lowest BCUT2D eigenvalue weighted by Gasteiger charge is -2.27. The minimum atomic E-state index is -0.887. The zero-order valence-corrected chi connectivity index (χ0v) is 21.3. The zero-order chi connectivity index (χ0) is 24.7. The van der Waals surface area contributed by atoms with Crippen molar-refractivity contribution >= 4 is 23.2 Å². The van der Waals surface area contributed by atoms with E-state index in [1.165, 1.54) is 0 Å². The van der Waals surface area contributed by atoms with Crippen LogP contribution in [0.5, 0.6) is 17.2 Å². The second-order valence-electron chi connectivity index (χ2n) is 8.85. The maximum Gasteiger partial charge on any atom is 0.161 e. The summed E-state index contributed by atoms with van der Waals surface area (Å²) in [6.07, 6.45) is 7.61. The van der Waals surface area contributed by atoms with E-state index in [9.17, 15) is 5.11 Å². The van der Waals surface area contributed by atoms with E-state index in [1.54, 1.807) is 37.8 Å². The van der Waals surface area contributed by atoms with E-state index in [2.05, 4.69) is 16.0 Å². The zero-order valence-electron chi connectivity index (χ0n) is 19.8. The number of likely N-dealkylation sites (tertiary alicyclic amines) is 1. The lowest BCUT2D eigenvalue weighted by molar-refractivity contribution is -0.0168. The highest BCUT2D eigenvalue weighted by molar-refractivity contribution is 6.42. The van der Waals surface area contributed by atoms with Crippen molar-refractivity contribution in [2.75, 3.05) is 33.4 Å². The van der Waals surface area contributed by atoms with Crippen LogP contribution in [0.25, 0.3) is 0 Å². The molecular weight excluding hydrogens is 489 g/mol. The van der Waals surface area contributed by atoms with E-state index in [0.717, 1.165) is 37.4 Å². The summed E-state index contributed by atoms with van der Waals surface area (Å²) in [5.74, 6) is 2.04. The third-order valence-corrected chi connectivity index (χ3v) is 6.95. The van der Waals surface area contributed by atoms with Gasteiger partial charge in [-0.3, -0.25) is 4.90 Å². The van der Waals surface area contributed by atoms with Crippen molar-refractivity contribution in [2.45, 2.75) is 38.0 Å². The van der Waals surface area contributed by atoms with Crippen LogP contribution < -0.4 is 14.2 Å². The highest BCUT2D eigenvalue weighted by Crippen LogP contribution is 2.31. The van der Waals surface area contributed by atoms with Gasteiger partial charge in [0.1, 0.15) is 19.0 Å². The van der Waals surface area contributed by atoms with Gasteiger partial charge in [-0.05, 0) is 55.6 Å². The van der Waals surface area contributed by atoms with Gasteiger partial charge in [-0.2, -0.15) is 0 Å². The van der Waals surface area contributed by atoms with Crippen LogP contribution in [-0.4, -0.2) is 58.6 Å². The Kier molecular flexibility index (Phi) is 8.78. The molecule has 9 heteroatoms. The minimum Gasteiger partial charge on any atom is -0.493 e. The number of nitrogens with zero attached hydrogens (tertiary/aromatic N) is 3. The number of aromatic nitrogens is 2. The Morgan fingerprint density at radius 1 is 1.03 bits per heavy atom. The van der Waals surface area contributed by atoms with Gasteiger partial charge in [0.15, 0.2) is 11.5 Å². The Hall–Kier alpha value is -2.45.